The second-order valence-corrected chi connectivity index (χ2v) is 8.10. The van der Waals surface area contributed by atoms with Crippen LogP contribution in [0.4, 0.5) is 14.9 Å². The molecule has 0 radical (unpaired) electrons. The molecule has 0 bridgehead atoms. The van der Waals surface area contributed by atoms with Crippen LogP contribution in [0.3, 0.4) is 0 Å². The number of esters is 2. The molecule has 32 heavy (non-hydrogen) atoms. The number of rotatable bonds is 6. The van der Waals surface area contributed by atoms with Crippen molar-refractivity contribution in [3.8, 4) is 5.75 Å². The molecular weight excluding hydrogens is 423 g/mol. The highest BCUT2D eigenvalue weighted by atomic mass is 19.1. The van der Waals surface area contributed by atoms with Crippen LogP contribution in [0.5, 0.6) is 5.75 Å². The Bertz CT molecular complexity index is 872. The Morgan fingerprint density at radius 3 is 2.34 bits per heavy atom. The molecule has 1 fully saturated rings. The molecule has 9 nitrogen and oxygen atoms in total. The van der Waals surface area contributed by atoms with Crippen molar-refractivity contribution in [3.63, 3.8) is 0 Å². The van der Waals surface area contributed by atoms with Gasteiger partial charge in [-0.1, -0.05) is 6.07 Å². The third-order valence-corrected chi connectivity index (χ3v) is 4.48. The molecule has 0 saturated carbocycles. The number of amides is 1. The fraction of sp³-hybridized carbons (Fsp3) is 0.500. The molecule has 1 N–H and O–H groups in total. The summed E-state index contributed by atoms with van der Waals surface area (Å²) < 4.78 is 35.0. The van der Waals surface area contributed by atoms with E-state index >= 15 is 0 Å². The summed E-state index contributed by atoms with van der Waals surface area (Å²) in [6.07, 6.45) is 1.07. The maximum atomic E-state index is 14.6. The zero-order valence-corrected chi connectivity index (χ0v) is 18.9. The van der Waals surface area contributed by atoms with Gasteiger partial charge in [0, 0.05) is 25.9 Å². The van der Waals surface area contributed by atoms with Crippen LogP contribution in [0.15, 0.2) is 30.0 Å². The SMILES string of the molecule is COC(=O)/C=C(/Nc1cccc(F)c1OC1CCN(C(=O)OC(C)(C)C)CC1)C(=O)OC. The van der Waals surface area contributed by atoms with Crippen LogP contribution in [0.25, 0.3) is 0 Å². The molecule has 1 heterocycles. The van der Waals surface area contributed by atoms with Gasteiger partial charge in [-0.15, -0.1) is 0 Å². The summed E-state index contributed by atoms with van der Waals surface area (Å²) in [6, 6.07) is 4.16. The number of carbonyl (C=O) groups excluding carboxylic acids is 3. The first kappa shape index (κ1) is 25.0. The highest BCUT2D eigenvalue weighted by Gasteiger charge is 2.29. The number of para-hydroxylation sites is 1. The summed E-state index contributed by atoms with van der Waals surface area (Å²) in [5.74, 6) is -2.38. The van der Waals surface area contributed by atoms with Crippen LogP contribution in [0.2, 0.25) is 0 Å². The van der Waals surface area contributed by atoms with E-state index in [0.717, 1.165) is 20.3 Å². The number of likely N-dealkylation sites (tertiary alicyclic amines) is 1. The van der Waals surface area contributed by atoms with Crippen LogP contribution < -0.4 is 10.1 Å². The van der Waals surface area contributed by atoms with Gasteiger partial charge in [-0.25, -0.2) is 18.8 Å². The first-order chi connectivity index (χ1) is 15.0. The van der Waals surface area contributed by atoms with Crippen molar-refractivity contribution < 1.29 is 37.7 Å². The molecule has 1 aliphatic rings. The zero-order chi connectivity index (χ0) is 23.9. The molecule has 10 heteroatoms. The van der Waals surface area contributed by atoms with E-state index in [-0.39, 0.29) is 23.2 Å². The molecule has 0 unspecified atom stereocenters. The normalized spacial score (nSPS) is 15.1. The molecule has 1 aromatic rings. The summed E-state index contributed by atoms with van der Waals surface area (Å²) >= 11 is 0. The summed E-state index contributed by atoms with van der Waals surface area (Å²) in [4.78, 5) is 37.4. The Balaban J connectivity index is 2.12. The van der Waals surface area contributed by atoms with Crippen LogP contribution in [-0.2, 0) is 23.8 Å². The van der Waals surface area contributed by atoms with E-state index in [1.165, 1.54) is 18.2 Å². The average Bonchev–Trinajstić information content (AvgIpc) is 2.74. The number of methoxy groups -OCH3 is 2. The van der Waals surface area contributed by atoms with Crippen molar-refractivity contribution >= 4 is 23.7 Å². The number of nitrogens with one attached hydrogen (secondary N) is 1. The lowest BCUT2D eigenvalue weighted by Gasteiger charge is -2.33. The lowest BCUT2D eigenvalue weighted by atomic mass is 10.1. The Kier molecular flexibility index (Phi) is 8.45. The van der Waals surface area contributed by atoms with Gasteiger partial charge in [0.05, 0.1) is 26.0 Å². The smallest absolute Gasteiger partial charge is 0.410 e. The molecule has 0 spiro atoms. The number of nitrogens with zero attached hydrogens (tertiary/aromatic N) is 1. The van der Waals surface area contributed by atoms with Crippen molar-refractivity contribution in [2.24, 2.45) is 0 Å². The average molecular weight is 452 g/mol. The van der Waals surface area contributed by atoms with Gasteiger partial charge in [-0.3, -0.25) is 0 Å². The maximum absolute atomic E-state index is 14.6. The van der Waals surface area contributed by atoms with Gasteiger partial charge < -0.3 is 29.2 Å². The van der Waals surface area contributed by atoms with E-state index in [0.29, 0.717) is 25.9 Å². The Morgan fingerprint density at radius 2 is 1.78 bits per heavy atom. The molecule has 1 saturated heterocycles. The molecule has 1 aromatic carbocycles. The minimum absolute atomic E-state index is 0.108. The van der Waals surface area contributed by atoms with E-state index in [2.05, 4.69) is 14.8 Å². The predicted molar refractivity (Wildman–Crippen MR) is 114 cm³/mol. The molecule has 0 aromatic heterocycles. The van der Waals surface area contributed by atoms with Gasteiger partial charge in [-0.2, -0.15) is 0 Å². The lowest BCUT2D eigenvalue weighted by molar-refractivity contribution is -0.138. The minimum atomic E-state index is -0.837. The van der Waals surface area contributed by atoms with E-state index in [9.17, 15) is 18.8 Å². The fourth-order valence-corrected chi connectivity index (χ4v) is 2.95. The second kappa shape index (κ2) is 10.8. The first-order valence-corrected chi connectivity index (χ1v) is 10.1. The third-order valence-electron chi connectivity index (χ3n) is 4.48. The van der Waals surface area contributed by atoms with Crippen molar-refractivity contribution in [2.45, 2.75) is 45.3 Å². The molecule has 1 aliphatic heterocycles. The number of ether oxygens (including phenoxy) is 4. The fourth-order valence-electron chi connectivity index (χ4n) is 2.95. The van der Waals surface area contributed by atoms with Crippen LogP contribution >= 0.6 is 0 Å². The number of halogens is 1. The van der Waals surface area contributed by atoms with Crippen molar-refractivity contribution in [1.29, 1.82) is 0 Å². The van der Waals surface area contributed by atoms with Crippen molar-refractivity contribution in [3.05, 3.63) is 35.8 Å². The van der Waals surface area contributed by atoms with Gasteiger partial charge in [0.1, 0.15) is 17.4 Å². The largest absolute Gasteiger partial charge is 0.485 e. The van der Waals surface area contributed by atoms with Crippen molar-refractivity contribution in [2.75, 3.05) is 32.6 Å². The van der Waals surface area contributed by atoms with Crippen LogP contribution in [-0.4, -0.2) is 61.9 Å². The van der Waals surface area contributed by atoms with E-state index < -0.39 is 29.5 Å². The number of piperidine rings is 1. The van der Waals surface area contributed by atoms with Gasteiger partial charge in [0.2, 0.25) is 0 Å². The number of hydrogen-bond acceptors (Lipinski definition) is 8. The highest BCUT2D eigenvalue weighted by Crippen LogP contribution is 2.32. The number of hydrogen-bond donors (Lipinski definition) is 1. The maximum Gasteiger partial charge on any atom is 0.410 e. The Hall–Kier alpha value is -3.30. The van der Waals surface area contributed by atoms with E-state index in [1.807, 2.05) is 0 Å². The zero-order valence-electron chi connectivity index (χ0n) is 18.9. The number of carbonyl (C=O) groups is 3. The van der Waals surface area contributed by atoms with Gasteiger partial charge >= 0.3 is 18.0 Å². The monoisotopic (exact) mass is 452 g/mol. The minimum Gasteiger partial charge on any atom is -0.485 e. The second-order valence-electron chi connectivity index (χ2n) is 8.10. The van der Waals surface area contributed by atoms with Gasteiger partial charge in [-0.05, 0) is 32.9 Å². The van der Waals surface area contributed by atoms with Gasteiger partial charge in [0.25, 0.3) is 0 Å². The molecule has 2 rings (SSSR count). The van der Waals surface area contributed by atoms with Gasteiger partial charge in [0.15, 0.2) is 11.6 Å². The Labute approximate surface area is 186 Å². The summed E-state index contributed by atoms with van der Waals surface area (Å²) in [7, 11) is 2.31. The summed E-state index contributed by atoms with van der Waals surface area (Å²) in [5, 5.41) is 2.68. The van der Waals surface area contributed by atoms with E-state index in [4.69, 9.17) is 9.47 Å². The third kappa shape index (κ3) is 7.14. The molecule has 0 aliphatic carbocycles. The molecular formula is C22H29FN2O7. The molecule has 176 valence electrons. The lowest BCUT2D eigenvalue weighted by Crippen LogP contribution is -2.44. The number of anilines is 1. The predicted octanol–water partition coefficient (Wildman–Crippen LogP) is 3.25. The van der Waals surface area contributed by atoms with Crippen molar-refractivity contribution in [1.82, 2.24) is 4.90 Å². The Morgan fingerprint density at radius 1 is 1.12 bits per heavy atom. The summed E-state index contributed by atoms with van der Waals surface area (Å²) in [6.45, 7) is 6.18. The quantitative estimate of drug-likeness (QED) is 0.399. The first-order valence-electron chi connectivity index (χ1n) is 10.1. The topological polar surface area (TPSA) is 103 Å². The molecule has 1 amide bonds. The molecule has 0 atom stereocenters. The van der Waals surface area contributed by atoms with Crippen LogP contribution in [0, 0.1) is 5.82 Å². The number of benzene rings is 1. The summed E-state index contributed by atoms with van der Waals surface area (Å²) in [5.41, 5.74) is -0.692. The van der Waals surface area contributed by atoms with Crippen LogP contribution in [0.1, 0.15) is 33.6 Å². The van der Waals surface area contributed by atoms with E-state index in [1.54, 1.807) is 25.7 Å². The highest BCUT2D eigenvalue weighted by molar-refractivity contribution is 5.99. The standard InChI is InChI=1S/C22H29FN2O7/c1-22(2,3)32-21(28)25-11-9-14(10-12-25)31-19-15(23)7-6-8-16(19)24-17(20(27)30-5)13-18(26)29-4/h6-8,13-14,24H,9-12H2,1-5H3/b17-13+.